The highest BCUT2D eigenvalue weighted by Gasteiger charge is 2.15. The zero-order valence-corrected chi connectivity index (χ0v) is 10.3. The van der Waals surface area contributed by atoms with Crippen LogP contribution in [0.5, 0.6) is 0 Å². The van der Waals surface area contributed by atoms with E-state index in [1.165, 1.54) is 11.6 Å². The molecule has 0 aromatic heterocycles. The first-order valence-electron chi connectivity index (χ1n) is 5.96. The van der Waals surface area contributed by atoms with Crippen molar-refractivity contribution in [1.82, 2.24) is 0 Å². The quantitative estimate of drug-likeness (QED) is 0.796. The van der Waals surface area contributed by atoms with Crippen molar-refractivity contribution >= 4 is 5.69 Å². The molecular formula is C14H18FNO. The van der Waals surface area contributed by atoms with Crippen LogP contribution in [0.3, 0.4) is 0 Å². The number of benzene rings is 1. The minimum atomic E-state index is -0.624. The lowest BCUT2D eigenvalue weighted by Gasteiger charge is -2.28. The third-order valence-electron chi connectivity index (χ3n) is 3.13. The van der Waals surface area contributed by atoms with Gasteiger partial charge < -0.3 is 10.0 Å². The Morgan fingerprint density at radius 3 is 2.76 bits per heavy atom. The molecule has 2 nitrogen and oxygen atoms in total. The summed E-state index contributed by atoms with van der Waals surface area (Å²) < 4.78 is 13.9. The van der Waals surface area contributed by atoms with Gasteiger partial charge in [-0.3, -0.25) is 0 Å². The lowest BCUT2D eigenvalue weighted by Crippen LogP contribution is -2.29. The minimum absolute atomic E-state index is 0.252. The van der Waals surface area contributed by atoms with E-state index in [1.54, 1.807) is 19.1 Å². The molecule has 1 heterocycles. The largest absolute Gasteiger partial charge is 0.389 e. The number of nitrogens with zero attached hydrogens (tertiary/aromatic N) is 1. The van der Waals surface area contributed by atoms with Crippen molar-refractivity contribution in [3.63, 3.8) is 0 Å². The van der Waals surface area contributed by atoms with Crippen LogP contribution >= 0.6 is 0 Å². The topological polar surface area (TPSA) is 23.5 Å². The number of anilines is 1. The maximum atomic E-state index is 13.9. The maximum Gasteiger partial charge on any atom is 0.146 e. The van der Waals surface area contributed by atoms with Gasteiger partial charge in [0.15, 0.2) is 0 Å². The molecule has 3 heteroatoms. The molecule has 1 atom stereocenters. The highest BCUT2D eigenvalue weighted by molar-refractivity contribution is 5.51. The predicted octanol–water partition coefficient (Wildman–Crippen LogP) is 3.04. The van der Waals surface area contributed by atoms with Gasteiger partial charge in [-0.1, -0.05) is 17.7 Å². The van der Waals surface area contributed by atoms with E-state index in [0.29, 0.717) is 11.3 Å². The molecule has 1 aromatic rings. The van der Waals surface area contributed by atoms with Gasteiger partial charge in [-0.2, -0.15) is 0 Å². The Hall–Kier alpha value is -1.35. The van der Waals surface area contributed by atoms with Crippen LogP contribution in [0.15, 0.2) is 29.8 Å². The van der Waals surface area contributed by atoms with Gasteiger partial charge in [0, 0.05) is 13.1 Å². The van der Waals surface area contributed by atoms with E-state index in [9.17, 15) is 9.50 Å². The molecule has 0 radical (unpaired) electrons. The Bertz CT molecular complexity index is 440. The van der Waals surface area contributed by atoms with Gasteiger partial charge in [-0.05, 0) is 38.0 Å². The van der Waals surface area contributed by atoms with Crippen molar-refractivity contribution in [2.75, 3.05) is 18.0 Å². The molecule has 0 saturated heterocycles. The Morgan fingerprint density at radius 2 is 2.18 bits per heavy atom. The molecule has 1 aliphatic heterocycles. The fourth-order valence-electron chi connectivity index (χ4n) is 2.16. The molecule has 0 fully saturated rings. The van der Waals surface area contributed by atoms with Gasteiger partial charge in [0.2, 0.25) is 0 Å². The summed E-state index contributed by atoms with van der Waals surface area (Å²) in [5.74, 6) is -0.252. The van der Waals surface area contributed by atoms with Crippen LogP contribution in [0.25, 0.3) is 0 Å². The average Bonchev–Trinajstić information content (AvgIpc) is 2.28. The van der Waals surface area contributed by atoms with Gasteiger partial charge in [0.25, 0.3) is 0 Å². The molecule has 0 amide bonds. The highest BCUT2D eigenvalue weighted by Crippen LogP contribution is 2.25. The molecule has 17 heavy (non-hydrogen) atoms. The maximum absolute atomic E-state index is 13.9. The monoisotopic (exact) mass is 235 g/mol. The normalized spacial score (nSPS) is 17.9. The summed E-state index contributed by atoms with van der Waals surface area (Å²) in [5.41, 5.74) is 2.52. The summed E-state index contributed by atoms with van der Waals surface area (Å²) in [6.07, 6.45) is 2.53. The summed E-state index contributed by atoms with van der Waals surface area (Å²) >= 11 is 0. The van der Waals surface area contributed by atoms with Crippen LogP contribution in [-0.4, -0.2) is 18.2 Å². The van der Waals surface area contributed by atoms with Gasteiger partial charge in [-0.15, -0.1) is 0 Å². The van der Waals surface area contributed by atoms with Crippen molar-refractivity contribution in [2.24, 2.45) is 0 Å². The number of aliphatic hydroxyl groups excluding tert-OH is 1. The van der Waals surface area contributed by atoms with Gasteiger partial charge in [-0.25, -0.2) is 4.39 Å². The van der Waals surface area contributed by atoms with E-state index in [-0.39, 0.29) is 5.82 Å². The first kappa shape index (κ1) is 12.1. The van der Waals surface area contributed by atoms with E-state index >= 15 is 0 Å². The van der Waals surface area contributed by atoms with E-state index in [1.807, 2.05) is 4.90 Å². The Labute approximate surface area is 101 Å². The lowest BCUT2D eigenvalue weighted by molar-refractivity contribution is 0.199. The van der Waals surface area contributed by atoms with Crippen LogP contribution < -0.4 is 4.90 Å². The Kier molecular flexibility index (Phi) is 3.48. The van der Waals surface area contributed by atoms with E-state index in [4.69, 9.17) is 0 Å². The van der Waals surface area contributed by atoms with Crippen LogP contribution in [-0.2, 0) is 0 Å². The fourth-order valence-corrected chi connectivity index (χ4v) is 2.16. The van der Waals surface area contributed by atoms with Crippen LogP contribution in [0.1, 0.15) is 31.9 Å². The van der Waals surface area contributed by atoms with Crippen molar-refractivity contribution in [3.05, 3.63) is 41.2 Å². The molecule has 0 spiro atoms. The summed E-state index contributed by atoms with van der Waals surface area (Å²) in [6.45, 7) is 5.34. The number of rotatable bonds is 2. The first-order valence-corrected chi connectivity index (χ1v) is 5.96. The lowest BCUT2D eigenvalue weighted by atomic mass is 10.1. The second kappa shape index (κ2) is 4.88. The fraction of sp³-hybridized carbons (Fsp3) is 0.429. The molecule has 1 aromatic carbocycles. The van der Waals surface area contributed by atoms with Crippen molar-refractivity contribution in [2.45, 2.75) is 26.4 Å². The van der Waals surface area contributed by atoms with Crippen molar-refractivity contribution in [1.29, 1.82) is 0 Å². The second-order valence-corrected chi connectivity index (χ2v) is 4.65. The SMILES string of the molecule is CC1=CCCN(c2ccc([C@@H](C)O)cc2F)C1. The van der Waals surface area contributed by atoms with E-state index in [0.717, 1.165) is 19.5 Å². The van der Waals surface area contributed by atoms with Crippen molar-refractivity contribution in [3.8, 4) is 0 Å². The second-order valence-electron chi connectivity index (χ2n) is 4.65. The van der Waals surface area contributed by atoms with Crippen LogP contribution in [0.4, 0.5) is 10.1 Å². The Morgan fingerprint density at radius 1 is 1.41 bits per heavy atom. The standard InChI is InChI=1S/C14H18FNO/c1-10-4-3-7-16(9-10)14-6-5-12(11(2)17)8-13(14)15/h4-6,8,11,17H,3,7,9H2,1-2H3/t11-/m1/s1. The molecule has 92 valence electrons. The molecule has 0 aliphatic carbocycles. The van der Waals surface area contributed by atoms with E-state index in [2.05, 4.69) is 13.0 Å². The molecule has 0 unspecified atom stereocenters. The third kappa shape index (κ3) is 2.67. The number of aliphatic hydroxyl groups is 1. The molecule has 2 rings (SSSR count). The summed E-state index contributed by atoms with van der Waals surface area (Å²) in [5, 5.41) is 9.40. The summed E-state index contributed by atoms with van der Waals surface area (Å²) in [4.78, 5) is 2.04. The first-order chi connectivity index (χ1) is 8.08. The number of hydrogen-bond donors (Lipinski definition) is 1. The van der Waals surface area contributed by atoms with E-state index < -0.39 is 6.10 Å². The number of hydrogen-bond acceptors (Lipinski definition) is 2. The summed E-state index contributed by atoms with van der Waals surface area (Å²) in [6, 6.07) is 4.97. The molecule has 1 N–H and O–H groups in total. The summed E-state index contributed by atoms with van der Waals surface area (Å²) in [7, 11) is 0. The Balaban J connectivity index is 2.25. The third-order valence-corrected chi connectivity index (χ3v) is 3.13. The van der Waals surface area contributed by atoms with Gasteiger partial charge in [0.05, 0.1) is 11.8 Å². The highest BCUT2D eigenvalue weighted by atomic mass is 19.1. The smallest absolute Gasteiger partial charge is 0.146 e. The molecular weight excluding hydrogens is 217 g/mol. The molecule has 0 saturated carbocycles. The van der Waals surface area contributed by atoms with Crippen LogP contribution in [0, 0.1) is 5.82 Å². The zero-order chi connectivity index (χ0) is 12.4. The average molecular weight is 235 g/mol. The zero-order valence-electron chi connectivity index (χ0n) is 10.3. The van der Waals surface area contributed by atoms with Crippen LogP contribution in [0.2, 0.25) is 0 Å². The van der Waals surface area contributed by atoms with Gasteiger partial charge in [0.1, 0.15) is 5.82 Å². The van der Waals surface area contributed by atoms with Gasteiger partial charge >= 0.3 is 0 Å². The van der Waals surface area contributed by atoms with Crippen molar-refractivity contribution < 1.29 is 9.50 Å². The number of halogens is 1. The minimum Gasteiger partial charge on any atom is -0.389 e. The molecule has 1 aliphatic rings. The predicted molar refractivity (Wildman–Crippen MR) is 67.6 cm³/mol. The molecule has 0 bridgehead atoms.